The minimum Gasteiger partial charge on any atom is -0.496 e. The molecule has 0 spiro atoms. The van der Waals surface area contributed by atoms with Crippen LogP contribution in [0, 0.1) is 0 Å². The second-order valence-electron chi connectivity index (χ2n) is 5.44. The minimum atomic E-state index is -0.616. The van der Waals surface area contributed by atoms with Gasteiger partial charge in [0.1, 0.15) is 17.9 Å². The Hall–Kier alpha value is -2.24. The molecule has 21 heavy (non-hydrogen) atoms. The Morgan fingerprint density at radius 3 is 2.43 bits per heavy atom. The number of carbonyl (C=O) groups excluding carboxylic acids is 2. The molecular weight excluding hydrogens is 272 g/mol. The van der Waals surface area contributed by atoms with Crippen LogP contribution in [0.4, 0.5) is 4.79 Å². The Morgan fingerprint density at radius 2 is 1.81 bits per heavy atom. The summed E-state index contributed by atoms with van der Waals surface area (Å²) in [4.78, 5) is 23.1. The van der Waals surface area contributed by atoms with Crippen LogP contribution in [0.3, 0.4) is 0 Å². The highest BCUT2D eigenvalue weighted by atomic mass is 16.6. The molecule has 1 aromatic rings. The monoisotopic (exact) mass is 294 g/mol. The van der Waals surface area contributed by atoms with Crippen LogP contribution in [-0.2, 0) is 16.1 Å². The lowest BCUT2D eigenvalue weighted by molar-refractivity contribution is -0.120. The Labute approximate surface area is 124 Å². The van der Waals surface area contributed by atoms with Gasteiger partial charge in [0, 0.05) is 12.1 Å². The Morgan fingerprint density at radius 1 is 1.14 bits per heavy atom. The van der Waals surface area contributed by atoms with Crippen LogP contribution in [-0.4, -0.2) is 31.3 Å². The lowest BCUT2D eigenvalue weighted by Gasteiger charge is -2.19. The van der Waals surface area contributed by atoms with Crippen LogP contribution in [0.25, 0.3) is 0 Å². The quantitative estimate of drug-likeness (QED) is 0.868. The summed E-state index contributed by atoms with van der Waals surface area (Å²) >= 11 is 0. The van der Waals surface area contributed by atoms with E-state index in [4.69, 9.17) is 9.47 Å². The van der Waals surface area contributed by atoms with Crippen LogP contribution in [0.2, 0.25) is 0 Å². The van der Waals surface area contributed by atoms with Crippen molar-refractivity contribution in [2.75, 3.05) is 13.7 Å². The minimum absolute atomic E-state index is 0.135. The summed E-state index contributed by atoms with van der Waals surface area (Å²) < 4.78 is 10.2. The highest BCUT2D eigenvalue weighted by Crippen LogP contribution is 2.16. The van der Waals surface area contributed by atoms with Gasteiger partial charge in [-0.25, -0.2) is 4.79 Å². The molecule has 0 saturated carbocycles. The molecule has 2 N–H and O–H groups in total. The number of hydrogen-bond donors (Lipinski definition) is 2. The molecule has 0 saturated heterocycles. The molecular formula is C15H22N2O4. The summed E-state index contributed by atoms with van der Waals surface area (Å²) in [5, 5.41) is 5.10. The van der Waals surface area contributed by atoms with Crippen LogP contribution < -0.4 is 15.4 Å². The van der Waals surface area contributed by atoms with Crippen molar-refractivity contribution in [3.63, 3.8) is 0 Å². The second kappa shape index (κ2) is 7.52. The van der Waals surface area contributed by atoms with Crippen molar-refractivity contribution in [1.29, 1.82) is 0 Å². The van der Waals surface area contributed by atoms with Crippen molar-refractivity contribution in [2.45, 2.75) is 32.9 Å². The third-order valence-corrected chi connectivity index (χ3v) is 2.46. The lowest BCUT2D eigenvalue weighted by atomic mass is 10.2. The predicted octanol–water partition coefficient (Wildman–Crippen LogP) is 1.84. The van der Waals surface area contributed by atoms with Crippen molar-refractivity contribution >= 4 is 12.0 Å². The highest BCUT2D eigenvalue weighted by Gasteiger charge is 2.16. The van der Waals surface area contributed by atoms with Crippen molar-refractivity contribution in [3.05, 3.63) is 29.8 Å². The summed E-state index contributed by atoms with van der Waals surface area (Å²) in [6.07, 6.45) is -0.616. The molecule has 1 rings (SSSR count). The van der Waals surface area contributed by atoms with Gasteiger partial charge in [0.05, 0.1) is 7.11 Å². The van der Waals surface area contributed by atoms with E-state index < -0.39 is 11.7 Å². The number of hydrogen-bond acceptors (Lipinski definition) is 4. The number of para-hydroxylation sites is 1. The van der Waals surface area contributed by atoms with E-state index in [1.165, 1.54) is 0 Å². The number of rotatable bonds is 5. The molecule has 1 aromatic carbocycles. The van der Waals surface area contributed by atoms with Crippen LogP contribution in [0.1, 0.15) is 26.3 Å². The predicted molar refractivity (Wildman–Crippen MR) is 79.1 cm³/mol. The molecule has 0 fully saturated rings. The zero-order valence-electron chi connectivity index (χ0n) is 12.9. The Kier molecular flexibility index (Phi) is 6.02. The van der Waals surface area contributed by atoms with Crippen molar-refractivity contribution in [2.24, 2.45) is 0 Å². The number of alkyl carbamates (subject to hydrolysis) is 1. The average molecular weight is 294 g/mol. The molecule has 6 nitrogen and oxygen atoms in total. The first-order valence-corrected chi connectivity index (χ1v) is 6.67. The number of amides is 2. The number of ether oxygens (including phenoxy) is 2. The van der Waals surface area contributed by atoms with Gasteiger partial charge >= 0.3 is 6.09 Å². The summed E-state index contributed by atoms with van der Waals surface area (Å²) in [6, 6.07) is 7.40. The Bertz CT molecular complexity index is 495. The fourth-order valence-electron chi connectivity index (χ4n) is 1.57. The van der Waals surface area contributed by atoms with Crippen LogP contribution >= 0.6 is 0 Å². The molecule has 0 radical (unpaired) electrons. The van der Waals surface area contributed by atoms with Gasteiger partial charge in [0.15, 0.2) is 0 Å². The summed E-state index contributed by atoms with van der Waals surface area (Å²) in [7, 11) is 1.57. The van der Waals surface area contributed by atoms with Gasteiger partial charge in [0.25, 0.3) is 0 Å². The summed E-state index contributed by atoms with van der Waals surface area (Å²) in [5.41, 5.74) is 0.281. The molecule has 0 aliphatic rings. The van der Waals surface area contributed by atoms with Crippen molar-refractivity contribution in [3.8, 4) is 5.75 Å². The van der Waals surface area contributed by atoms with Gasteiger partial charge in [-0.2, -0.15) is 0 Å². The van der Waals surface area contributed by atoms with Crippen LogP contribution in [0.5, 0.6) is 5.75 Å². The number of benzene rings is 1. The van der Waals surface area contributed by atoms with E-state index in [0.29, 0.717) is 12.3 Å². The first-order valence-electron chi connectivity index (χ1n) is 6.67. The summed E-state index contributed by atoms with van der Waals surface area (Å²) in [5.74, 6) is 0.407. The van der Waals surface area contributed by atoms with Crippen molar-refractivity contribution < 1.29 is 19.1 Å². The second-order valence-corrected chi connectivity index (χ2v) is 5.44. The van der Waals surface area contributed by atoms with Gasteiger partial charge in [0.2, 0.25) is 5.91 Å². The van der Waals surface area contributed by atoms with E-state index in [0.717, 1.165) is 5.56 Å². The third-order valence-electron chi connectivity index (χ3n) is 2.46. The number of methoxy groups -OCH3 is 1. The maximum atomic E-state index is 11.7. The maximum Gasteiger partial charge on any atom is 0.408 e. The van der Waals surface area contributed by atoms with Gasteiger partial charge in [-0.1, -0.05) is 18.2 Å². The summed E-state index contributed by atoms with van der Waals surface area (Å²) in [6.45, 7) is 5.47. The Balaban J connectivity index is 2.36. The molecule has 0 aliphatic carbocycles. The average Bonchev–Trinajstić information content (AvgIpc) is 2.41. The van der Waals surface area contributed by atoms with E-state index in [-0.39, 0.29) is 12.5 Å². The highest BCUT2D eigenvalue weighted by molar-refractivity contribution is 5.82. The molecule has 6 heteroatoms. The molecule has 0 atom stereocenters. The van der Waals surface area contributed by atoms with Crippen molar-refractivity contribution in [1.82, 2.24) is 10.6 Å². The molecule has 2 amide bonds. The number of nitrogens with one attached hydrogen (secondary N) is 2. The molecule has 0 aromatic heterocycles. The standard InChI is InChI=1S/C15H22N2O4/c1-15(2,3)21-14(19)17-10-13(18)16-9-11-7-5-6-8-12(11)20-4/h5-8H,9-10H2,1-4H3,(H,16,18)(H,17,19). The van der Waals surface area contributed by atoms with Gasteiger partial charge in [-0.15, -0.1) is 0 Å². The molecule has 0 unspecified atom stereocenters. The van der Waals surface area contributed by atoms with Gasteiger partial charge in [-0.05, 0) is 26.8 Å². The van der Waals surface area contributed by atoms with E-state index in [1.54, 1.807) is 27.9 Å². The first-order chi connectivity index (χ1) is 9.81. The molecule has 0 bridgehead atoms. The van der Waals surface area contributed by atoms with Gasteiger partial charge in [-0.3, -0.25) is 4.79 Å². The molecule has 0 aliphatic heterocycles. The zero-order valence-corrected chi connectivity index (χ0v) is 12.9. The first kappa shape index (κ1) is 16.8. The topological polar surface area (TPSA) is 76.7 Å². The molecule has 116 valence electrons. The van der Waals surface area contributed by atoms with E-state index in [2.05, 4.69) is 10.6 Å². The van der Waals surface area contributed by atoms with Gasteiger partial charge < -0.3 is 20.1 Å². The number of carbonyl (C=O) groups is 2. The third kappa shape index (κ3) is 6.65. The van der Waals surface area contributed by atoms with E-state index in [9.17, 15) is 9.59 Å². The maximum absolute atomic E-state index is 11.7. The smallest absolute Gasteiger partial charge is 0.408 e. The largest absolute Gasteiger partial charge is 0.496 e. The SMILES string of the molecule is COc1ccccc1CNC(=O)CNC(=O)OC(C)(C)C. The normalized spacial score (nSPS) is 10.7. The lowest BCUT2D eigenvalue weighted by Crippen LogP contribution is -2.39. The fourth-order valence-corrected chi connectivity index (χ4v) is 1.57. The zero-order chi connectivity index (χ0) is 15.9. The van der Waals surface area contributed by atoms with E-state index in [1.807, 2.05) is 24.3 Å². The van der Waals surface area contributed by atoms with Crippen LogP contribution in [0.15, 0.2) is 24.3 Å². The fraction of sp³-hybridized carbons (Fsp3) is 0.467. The van der Waals surface area contributed by atoms with E-state index >= 15 is 0 Å². The molecule has 0 heterocycles.